The highest BCUT2D eigenvalue weighted by atomic mass is 32.2. The Morgan fingerprint density at radius 2 is 0.681 bits per heavy atom. The number of hydrogen-bond acceptors (Lipinski definition) is 26. The number of thioether (sulfide) groups is 3. The molecule has 23 nitrogen and oxygen atoms in total. The van der Waals surface area contributed by atoms with E-state index in [1.807, 2.05) is 47.4 Å². The van der Waals surface area contributed by atoms with Crippen LogP contribution >= 0.6 is 35.3 Å². The smallest absolute Gasteiger partial charge is 0.169 e. The zero-order chi connectivity index (χ0) is 96.5. The van der Waals surface area contributed by atoms with E-state index in [0.29, 0.717) is 41.9 Å². The third kappa shape index (κ3) is 115. The molecule has 7 aliphatic carbocycles. The maximum atomic E-state index is 10.6. The second-order valence-electron chi connectivity index (χ2n) is 37.3. The maximum absolute atomic E-state index is 10.6. The highest BCUT2D eigenvalue weighted by Crippen LogP contribution is 2.20. The molecule has 28 heteroatoms. The van der Waals surface area contributed by atoms with E-state index in [0.717, 1.165) is 150 Å². The number of morpholine rings is 1. The van der Waals surface area contributed by atoms with Gasteiger partial charge in [-0.25, -0.2) is 16.8 Å². The Morgan fingerprint density at radius 1 is 0.296 bits per heavy atom. The predicted molar refractivity (Wildman–Crippen MR) is 591 cm³/mol. The van der Waals surface area contributed by atoms with Crippen molar-refractivity contribution in [2.75, 3.05) is 237 Å². The van der Waals surface area contributed by atoms with Crippen LogP contribution in [0, 0.1) is 0 Å². The molecule has 0 aromatic rings. The molecule has 6 saturated carbocycles. The van der Waals surface area contributed by atoms with E-state index in [2.05, 4.69) is 110 Å². The molecule has 796 valence electrons. The van der Waals surface area contributed by atoms with Gasteiger partial charge in [-0.05, 0) is 248 Å². The molecular weight excluding hydrogens is 1790 g/mol. The van der Waals surface area contributed by atoms with Crippen molar-refractivity contribution in [2.45, 2.75) is 379 Å². The molecule has 18 fully saturated rings. The lowest BCUT2D eigenvalue weighted by Gasteiger charge is -2.10. The van der Waals surface area contributed by atoms with Gasteiger partial charge in [0.15, 0.2) is 16.2 Å². The summed E-state index contributed by atoms with van der Waals surface area (Å²) < 4.78 is 67.0. The molecule has 23 rings (SSSR count). The van der Waals surface area contributed by atoms with Crippen LogP contribution in [0.2, 0.25) is 0 Å². The first-order valence-electron chi connectivity index (χ1n) is 55.8. The minimum Gasteiger partial charge on any atom is -0.482 e. The summed E-state index contributed by atoms with van der Waals surface area (Å²) in [6.45, 7) is 29.5. The molecule has 0 aromatic carbocycles. The first-order chi connectivity index (χ1) is 66.7. The van der Waals surface area contributed by atoms with Crippen LogP contribution < -0.4 is 53.4 Å². The van der Waals surface area contributed by atoms with Crippen LogP contribution in [0.1, 0.15) is 379 Å². The molecule has 16 aliphatic heterocycles. The molecule has 10 N–H and O–H groups in total. The van der Waals surface area contributed by atoms with Gasteiger partial charge in [0.1, 0.15) is 22.2 Å². The molecule has 16 heterocycles. The summed E-state index contributed by atoms with van der Waals surface area (Å²) in [5.74, 6) is 7.37. The van der Waals surface area contributed by atoms with Gasteiger partial charge < -0.3 is 71.1 Å². The van der Waals surface area contributed by atoms with E-state index < -0.39 is 19.7 Å². The number of nitrogens with one attached hydrogen (secondary N) is 10. The number of ether oxygens (including phenoxy) is 5. The van der Waals surface area contributed by atoms with Gasteiger partial charge in [0.2, 0.25) is 0 Å². The van der Waals surface area contributed by atoms with Crippen molar-refractivity contribution < 1.29 is 45.3 Å². The van der Waals surface area contributed by atoms with Crippen molar-refractivity contribution in [3.05, 3.63) is 47.6 Å². The number of sulfone groups is 2. The number of rotatable bonds is 0. The van der Waals surface area contributed by atoms with Gasteiger partial charge in [-0.3, -0.25) is 25.6 Å². The largest absolute Gasteiger partial charge is 0.482 e. The Morgan fingerprint density at radius 3 is 0.874 bits per heavy atom. The minimum absolute atomic E-state index is 0.312. The molecule has 0 aromatic heterocycles. The Labute approximate surface area is 844 Å². The van der Waals surface area contributed by atoms with Crippen molar-refractivity contribution >= 4 is 73.4 Å². The molecule has 23 aliphatic rings. The quantitative estimate of drug-likeness (QED) is 0.0797. The second kappa shape index (κ2) is 114. The van der Waals surface area contributed by atoms with E-state index in [1.165, 1.54) is 429 Å². The first-order valence-corrected chi connectivity index (χ1v) is 62.7. The first kappa shape index (κ1) is 131. The van der Waals surface area contributed by atoms with Crippen molar-refractivity contribution in [1.82, 2.24) is 58.3 Å². The number of Topliss-reactive ketones (excluding diaryl/α,β-unsaturated/α-hetero) is 1. The molecule has 0 unspecified atom stereocenters. The molecule has 0 bridgehead atoms. The summed E-state index contributed by atoms with van der Waals surface area (Å²) in [5.41, 5.74) is 5.94. The van der Waals surface area contributed by atoms with Gasteiger partial charge in [0.25, 0.3) is 0 Å². The van der Waals surface area contributed by atoms with Crippen molar-refractivity contribution in [1.29, 1.82) is 0 Å². The SMILES string of the molecule is C1=CCCC1.C1=CNCCC1.C1=CSC=CN1.C1=NCCC1.C1=NCCO1.C1CCC1.C1CCC1.C1CCCC1.C1CCCCCC1.C1CCCCCC1.C1CCCOCC1.C1CCNCC1.C1CCNCC1.C1CCOC1.C1CCOCC1.C1CCSC1.C1CNNC1.C1COCCN1.C1CSCCN1.CN1CCCNCC1.O=C1CCCC1.O=S1(=O)CCCC1.O=S1(=O)CCNCC1. The lowest BCUT2D eigenvalue weighted by Crippen LogP contribution is -2.35. The highest BCUT2D eigenvalue weighted by molar-refractivity contribution is 8.04. The standard InChI is InChI=1S/2C7H14.C6H14N2.C6H12O.2C5H11N.C5H9N.C5H10O.C5H8O.C5H10.C5H8.C4H9NO2S.C4H9NO.C4H9NS.C4H5NS.C4H7N.C4H8O2S.C4H8O.C4H8S.2C4H8.C3H8N2.C3H5NO/c2*1-2-4-6-7-5-3-1;1-8-5-2-3-7-4-6-8;1-2-4-6-7-5-3-1;4*1-2-4-6-5-3-1;6-5-3-1-2-4-5;2*1-2-4-5-3-1;6-8(7)3-1-5-2-4-8;3*1-3-6-4-2-5-1;1-2-4-5-3-1;5-7(6)3-1-2-4-7;2*1-2-4-5-3-1;2*1-2-4-3-1;1-2-4-5-3-1;1-2-5-3-4-1/h2*1-7H2;7H,2-6H2,1H3;1-6H2;2*6H,1-5H2;2,4,6H,1,3,5H2;1-5H2;1-4H2;1-5H2;1-2H,3-5H2;5H,1-4H2;2*5H,1-4H2;1-5H;3H,1-2,4H2;1-4H2;2*1-4H2;2*1-4H2;4-5H,1-3H2;3H,1-2H2. The van der Waals surface area contributed by atoms with Crippen LogP contribution in [0.4, 0.5) is 0 Å². The van der Waals surface area contributed by atoms with Crippen LogP contribution in [0.25, 0.3) is 0 Å². The summed E-state index contributed by atoms with van der Waals surface area (Å²) in [7, 11) is -3.02. The topological polar surface area (TPSA) is 280 Å². The third-order valence-electron chi connectivity index (χ3n) is 24.3. The number of aliphatic imine (C=N–C) groups is 2. The molecule has 0 atom stereocenters. The van der Waals surface area contributed by atoms with E-state index in [1.54, 1.807) is 11.8 Å². The average Bonchev–Trinajstić information content (AvgIpc) is 1.79. The zero-order valence-electron chi connectivity index (χ0n) is 86.9. The minimum atomic E-state index is -2.65. The number of ketones is 1. The normalized spacial score (nSPS) is 23.5. The number of likely N-dealkylation sites (N-methyl/N-ethyl adjacent to an activating group) is 1. The fourth-order valence-electron chi connectivity index (χ4n) is 14.8. The Balaban J connectivity index is 0.000000707. The van der Waals surface area contributed by atoms with E-state index in [-0.39, 0.29) is 0 Å². The summed E-state index contributed by atoms with van der Waals surface area (Å²) in [4.78, 5) is 20.3. The molecule has 0 amide bonds. The molecule has 0 spiro atoms. The lowest BCUT2D eigenvalue weighted by atomic mass is 10.0. The monoisotopic (exact) mass is 2000 g/mol. The van der Waals surface area contributed by atoms with Crippen molar-refractivity contribution in [2.24, 2.45) is 9.98 Å². The van der Waals surface area contributed by atoms with Gasteiger partial charge in [-0.15, -0.1) is 11.8 Å². The predicted octanol–water partition coefficient (Wildman–Crippen LogP) is 21.6. The van der Waals surface area contributed by atoms with Crippen LogP contribution in [0.3, 0.4) is 0 Å². The molecular formula is C107H213N13O10S5. The number of nitrogens with zero attached hydrogens (tertiary/aromatic N) is 3. The number of carbonyl (C=O) groups excluding carboxylic acids is 1. The van der Waals surface area contributed by atoms with Crippen LogP contribution in [-0.4, -0.2) is 277 Å². The fourth-order valence-corrected chi connectivity index (χ4v) is 19.6. The molecule has 135 heavy (non-hydrogen) atoms. The molecule has 12 saturated heterocycles. The van der Waals surface area contributed by atoms with Gasteiger partial charge in [-0.1, -0.05) is 217 Å². The van der Waals surface area contributed by atoms with Crippen molar-refractivity contribution in [3.63, 3.8) is 0 Å². The summed E-state index contributed by atoms with van der Waals surface area (Å²) in [6.07, 6.45) is 96.9. The number of allylic oxidation sites excluding steroid dienone is 3. The Bertz CT molecular complexity index is 2320. The summed E-state index contributed by atoms with van der Waals surface area (Å²) in [6, 6.07) is 0. The fraction of sp³-hybridized carbons (Fsp3) is 0.897. The van der Waals surface area contributed by atoms with Crippen molar-refractivity contribution in [3.8, 4) is 0 Å². The van der Waals surface area contributed by atoms with Gasteiger partial charge in [0.05, 0.1) is 42.8 Å². The highest BCUT2D eigenvalue weighted by Gasteiger charge is 2.17. The second-order valence-corrected chi connectivity index (χ2v) is 45.1. The van der Waals surface area contributed by atoms with Crippen LogP contribution in [0.15, 0.2) is 57.6 Å². The average molecular weight is 2000 g/mol. The number of carbonyl (C=O) groups is 1. The van der Waals surface area contributed by atoms with Gasteiger partial charge in [0, 0.05) is 155 Å². The number of hydrogen-bond donors (Lipinski definition) is 10. The summed E-state index contributed by atoms with van der Waals surface area (Å²) in [5, 5.41) is 29.3. The van der Waals surface area contributed by atoms with E-state index in [4.69, 9.17) is 18.9 Å². The van der Waals surface area contributed by atoms with Gasteiger partial charge in [-0.2, -0.15) is 23.5 Å². The zero-order valence-corrected chi connectivity index (χ0v) is 91.0. The number of piperidine rings is 2. The summed E-state index contributed by atoms with van der Waals surface area (Å²) >= 11 is 5.78. The maximum Gasteiger partial charge on any atom is 0.169 e. The molecule has 0 radical (unpaired) electrons. The van der Waals surface area contributed by atoms with Gasteiger partial charge >= 0.3 is 0 Å². The van der Waals surface area contributed by atoms with Crippen LogP contribution in [-0.2, 0) is 48.2 Å². The third-order valence-corrected chi connectivity index (χ3v) is 30.5. The Kier molecular flexibility index (Phi) is 110. The lowest BCUT2D eigenvalue weighted by molar-refractivity contribution is -0.117. The van der Waals surface area contributed by atoms with Crippen LogP contribution in [0.5, 0.6) is 0 Å². The Hall–Kier alpha value is -2.20. The van der Waals surface area contributed by atoms with E-state index in [9.17, 15) is 21.6 Å². The van der Waals surface area contributed by atoms with E-state index >= 15 is 0 Å². The number of hydrazine groups is 1.